The van der Waals surface area contributed by atoms with Crippen LogP contribution in [0, 0.1) is 27.6 Å². The molecule has 1 fully saturated rings. The third-order valence-electron chi connectivity index (χ3n) is 17.4. The monoisotopic (exact) mass is 1490 g/mol. The van der Waals surface area contributed by atoms with E-state index in [9.17, 15) is 64.3 Å². The van der Waals surface area contributed by atoms with E-state index in [1.807, 2.05) is 39.8 Å². The van der Waals surface area contributed by atoms with Gasteiger partial charge in [-0.25, -0.2) is 0 Å². The summed E-state index contributed by atoms with van der Waals surface area (Å²) in [5.74, 6) is -7.71. The molecule has 6 atom stereocenters. The van der Waals surface area contributed by atoms with Crippen LogP contribution in [0.15, 0.2) is 87.3 Å². The summed E-state index contributed by atoms with van der Waals surface area (Å²) in [5, 5.41) is 52.9. The third kappa shape index (κ3) is 25.7. The molecule has 0 spiro atoms. The molecule has 566 valence electrons. The van der Waals surface area contributed by atoms with Gasteiger partial charge < -0.3 is 81.4 Å². The van der Waals surface area contributed by atoms with Gasteiger partial charge in [0.15, 0.2) is 23.8 Å². The van der Waals surface area contributed by atoms with Crippen LogP contribution in [0.5, 0.6) is 0 Å². The number of amides is 8. The molecule has 8 amide bonds. The van der Waals surface area contributed by atoms with Crippen molar-refractivity contribution in [2.45, 2.75) is 168 Å². The van der Waals surface area contributed by atoms with Crippen LogP contribution in [0.1, 0.15) is 129 Å². The molecule has 0 bridgehead atoms. The van der Waals surface area contributed by atoms with Gasteiger partial charge in [-0.1, -0.05) is 59.3 Å². The number of unbranched alkanes of at least 4 members (excludes halogenated alkanes) is 2. The smallest absolute Gasteiger partial charge is 0.294 e. The van der Waals surface area contributed by atoms with Crippen molar-refractivity contribution < 1.29 is 64.3 Å². The first-order valence-corrected chi connectivity index (χ1v) is 37.5. The predicted octanol–water partition coefficient (Wildman–Crippen LogP) is -0.0112. The summed E-state index contributed by atoms with van der Waals surface area (Å²) in [6.45, 7) is 10.2. The Morgan fingerprint density at radius 2 is 1.08 bits per heavy atom. The van der Waals surface area contributed by atoms with Crippen molar-refractivity contribution >= 4 is 120 Å². The number of fused-ring (bicyclic) bond motifs is 2. The molecule has 1 unspecified atom stereocenters. The number of nitrogens with two attached hydrogens (primary N) is 5. The maximum Gasteiger partial charge on any atom is 0.294 e. The van der Waals surface area contributed by atoms with E-state index in [2.05, 4.69) is 57.7 Å². The Hall–Kier alpha value is -9.66. The van der Waals surface area contributed by atoms with Gasteiger partial charge in [-0.05, 0) is 124 Å². The number of nitrogens with one attached hydrogen (secondary N) is 13. The van der Waals surface area contributed by atoms with Gasteiger partial charge in [0.25, 0.3) is 20.2 Å². The maximum absolute atomic E-state index is 14.3. The fraction of sp³-hybridized carbons (Fsp3) is 0.523. The highest BCUT2D eigenvalue weighted by atomic mass is 32.2. The minimum Gasteiger partial charge on any atom is -0.370 e. The van der Waals surface area contributed by atoms with E-state index in [0.29, 0.717) is 67.7 Å². The average molecular weight is 1490 g/mol. The Balaban J connectivity index is 1.17. The molecule has 38 heteroatoms. The van der Waals surface area contributed by atoms with E-state index in [1.54, 1.807) is 37.3 Å². The molecule has 0 aromatic heterocycles. The van der Waals surface area contributed by atoms with E-state index in [1.165, 1.54) is 24.3 Å². The normalized spacial score (nSPS) is 17.1. The number of carbonyl (C=O) groups is 8. The fourth-order valence-corrected chi connectivity index (χ4v) is 13.9. The van der Waals surface area contributed by atoms with Gasteiger partial charge in [-0.3, -0.25) is 79.0 Å². The lowest BCUT2D eigenvalue weighted by Crippen LogP contribution is -2.58. The zero-order valence-corrected chi connectivity index (χ0v) is 60.9. The van der Waals surface area contributed by atoms with Crippen LogP contribution >= 0.6 is 11.8 Å². The fourth-order valence-electron chi connectivity index (χ4n) is 11.7. The summed E-state index contributed by atoms with van der Waals surface area (Å²) < 4.78 is 67.8. The minimum absolute atomic E-state index is 0.0288. The lowest BCUT2D eigenvalue weighted by Gasteiger charge is -2.27. The van der Waals surface area contributed by atoms with E-state index in [4.69, 9.17) is 50.3 Å². The first kappa shape index (κ1) is 84.0. The molecule has 2 aromatic rings. The number of rotatable bonds is 42. The van der Waals surface area contributed by atoms with Crippen LogP contribution < -0.4 is 81.4 Å². The second kappa shape index (κ2) is 38.6. The van der Waals surface area contributed by atoms with Crippen molar-refractivity contribution in [3.63, 3.8) is 0 Å². The van der Waals surface area contributed by atoms with Gasteiger partial charge in [0.1, 0.15) is 24.2 Å². The van der Waals surface area contributed by atoms with Gasteiger partial charge in [0.2, 0.25) is 47.3 Å². The SMILES string of the molecule is C[C@H](CCCNC(=N)N)C(=O)N[C@H](CCCNC(=N)N)C(=O)N[C@H](CCCNC(=N)N)C(=O)N[C@H](CCCNC(=N)N)C(=O)N[C@H](CSC1CC(=O)N(CCNC(=O)CCCCCN2/C(=C/C=C/C=C/C3=Nc4ccc(S(=O)(=O)O)cc4C3(C)C)C(C)(C)c3cc(S(=O)(=O)O)ccc32)C1=O)C(N)=O. The van der Waals surface area contributed by atoms with Crippen LogP contribution in [0.2, 0.25) is 0 Å². The molecule has 0 aliphatic carbocycles. The van der Waals surface area contributed by atoms with Gasteiger partial charge in [0, 0.05) is 92.5 Å². The number of imide groups is 1. The Morgan fingerprint density at radius 3 is 1.58 bits per heavy atom. The van der Waals surface area contributed by atoms with E-state index in [0.717, 1.165) is 28.0 Å². The number of carbonyl (C=O) groups excluding carboxylic acids is 8. The minimum atomic E-state index is -4.53. The van der Waals surface area contributed by atoms with Crippen molar-refractivity contribution in [3.8, 4) is 0 Å². The quantitative estimate of drug-likeness (QED) is 0.0104. The van der Waals surface area contributed by atoms with Crippen molar-refractivity contribution in [1.29, 1.82) is 21.6 Å². The van der Waals surface area contributed by atoms with Crippen LogP contribution in [-0.2, 0) is 69.4 Å². The predicted molar refractivity (Wildman–Crippen MR) is 391 cm³/mol. The average Bonchev–Trinajstić information content (AvgIpc) is 1.59. The zero-order valence-electron chi connectivity index (χ0n) is 58.4. The summed E-state index contributed by atoms with van der Waals surface area (Å²) in [7, 11) is -8.96. The molecule has 3 heterocycles. The van der Waals surface area contributed by atoms with Crippen LogP contribution in [0.25, 0.3) is 0 Å². The van der Waals surface area contributed by atoms with E-state index >= 15 is 0 Å². The Morgan fingerprint density at radius 1 is 0.592 bits per heavy atom. The van der Waals surface area contributed by atoms with Gasteiger partial charge >= 0.3 is 0 Å². The highest BCUT2D eigenvalue weighted by molar-refractivity contribution is 8.00. The number of benzene rings is 2. The summed E-state index contributed by atoms with van der Waals surface area (Å²) in [5.41, 5.74) is 30.2. The van der Waals surface area contributed by atoms with E-state index in [-0.39, 0.29) is 129 Å². The second-order valence-electron chi connectivity index (χ2n) is 26.1. The molecule has 0 saturated carbocycles. The maximum atomic E-state index is 14.3. The summed E-state index contributed by atoms with van der Waals surface area (Å²) in [6, 6.07) is 3.21. The molecular formula is C65H99N21O14S3. The van der Waals surface area contributed by atoms with Gasteiger partial charge in [-0.2, -0.15) is 16.8 Å². The largest absolute Gasteiger partial charge is 0.370 e. The number of likely N-dealkylation sites (tertiary alicyclic amines) is 1. The Kier molecular flexibility index (Phi) is 31.4. The summed E-state index contributed by atoms with van der Waals surface area (Å²) >= 11 is 0.884. The first-order chi connectivity index (χ1) is 48.3. The van der Waals surface area contributed by atoms with Crippen molar-refractivity contribution in [2.75, 3.05) is 56.5 Å². The number of anilines is 1. The van der Waals surface area contributed by atoms with E-state index < -0.39 is 108 Å². The number of aliphatic imine (C=N–C) groups is 1. The standard InChI is InChI=1S/C65H99N21O14S3/c1-38(16-12-27-76-60(67)68)55(90)81-44(17-13-28-77-61(69)70)56(91)82-45(18-14-29-78-62(71)72)57(92)83-46(19-15-30-79-63(73)74)58(93)84-47(54(66)89)37-101-49-36-53(88)86(59(49)94)33-31-75-52(87)22-10-7-11-32-85-48-26-24-40(103(98,99)100)35-42(48)65(4,5)51(85)21-9-6-8-20-50-64(2,3)41-34-39(102(95,96)97)23-25-43(41)80-50/h6,8-9,20-21,23-26,34-35,38,44-47,49H,7,10-19,22,27-33,36-37H2,1-5H3,(H2,66,89)(H,75,87)(H,81,90)(H,82,91)(H,83,92)(H,84,93)(H4,67,68,76)(H4,69,70,77)(H4,71,72,78)(H4,73,74,79)(H,95,96,97)(H,98,99,100)/b9-6+,20-8+,51-21+/t38-,44-,45-,46-,47-,49?/m1/s1. The van der Waals surface area contributed by atoms with Gasteiger partial charge in [0.05, 0.1) is 26.4 Å². The number of nitrogens with zero attached hydrogens (tertiary/aromatic N) is 3. The number of primary amides is 1. The highest BCUT2D eigenvalue weighted by Gasteiger charge is 2.42. The molecule has 0 radical (unpaired) electrons. The number of thioether (sulfide) groups is 1. The molecular weight excluding hydrogens is 1400 g/mol. The molecule has 3 aliphatic rings. The summed E-state index contributed by atoms with van der Waals surface area (Å²) in [6.07, 6.45) is 11.8. The lowest BCUT2D eigenvalue weighted by atomic mass is 9.81. The number of hydrogen-bond acceptors (Lipinski definition) is 19. The molecule has 35 nitrogen and oxygen atoms in total. The van der Waals surface area contributed by atoms with Crippen molar-refractivity contribution in [1.82, 2.24) is 52.8 Å². The molecule has 25 N–H and O–H groups in total. The molecule has 2 aromatic carbocycles. The van der Waals surface area contributed by atoms with Crippen LogP contribution in [0.3, 0.4) is 0 Å². The Labute approximate surface area is 603 Å². The molecule has 3 aliphatic heterocycles. The van der Waals surface area contributed by atoms with Crippen LogP contribution in [-0.4, -0.2) is 189 Å². The lowest BCUT2D eigenvalue weighted by molar-refractivity contribution is -0.138. The van der Waals surface area contributed by atoms with Crippen molar-refractivity contribution in [2.24, 2.45) is 39.6 Å². The second-order valence-corrected chi connectivity index (χ2v) is 30.1. The topological polar surface area (TPSA) is 598 Å². The zero-order chi connectivity index (χ0) is 76.6. The van der Waals surface area contributed by atoms with Crippen LogP contribution in [0.4, 0.5) is 11.4 Å². The number of guanidine groups is 4. The van der Waals surface area contributed by atoms with Crippen molar-refractivity contribution in [3.05, 3.63) is 83.6 Å². The summed E-state index contributed by atoms with van der Waals surface area (Å²) in [4.78, 5) is 116. The highest BCUT2D eigenvalue weighted by Crippen LogP contribution is 2.49. The molecule has 103 heavy (non-hydrogen) atoms. The Bertz CT molecular complexity index is 3860. The number of allylic oxidation sites excluding steroid dienone is 6. The van der Waals surface area contributed by atoms with Gasteiger partial charge in [-0.15, -0.1) is 11.8 Å². The molecule has 5 rings (SSSR count). The number of hydrogen-bond donors (Lipinski definition) is 20. The molecule has 1 saturated heterocycles. The third-order valence-corrected chi connectivity index (χ3v) is 20.4. The first-order valence-electron chi connectivity index (χ1n) is 33.5.